The molecule has 0 saturated carbocycles. The van der Waals surface area contributed by atoms with Gasteiger partial charge in [-0.25, -0.2) is 5.48 Å². The standard InChI is InChI=1S/C7H11N3O2/c1-2-3-12-10-7(11)6-4-8-9-5-6/h4-5H,2-3H2,1H3,(H,8,9)(H,10,11). The highest BCUT2D eigenvalue weighted by Crippen LogP contribution is 1.92. The fourth-order valence-electron chi connectivity index (χ4n) is 0.653. The lowest BCUT2D eigenvalue weighted by atomic mass is 10.4. The van der Waals surface area contributed by atoms with Crippen molar-refractivity contribution in [2.24, 2.45) is 0 Å². The third-order valence-corrected chi connectivity index (χ3v) is 1.23. The van der Waals surface area contributed by atoms with Crippen LogP contribution in [0.1, 0.15) is 23.7 Å². The number of hydrogen-bond acceptors (Lipinski definition) is 3. The van der Waals surface area contributed by atoms with Crippen LogP contribution in [0.4, 0.5) is 0 Å². The average molecular weight is 169 g/mol. The average Bonchev–Trinajstić information content (AvgIpc) is 2.56. The van der Waals surface area contributed by atoms with Gasteiger partial charge in [0.2, 0.25) is 0 Å². The highest BCUT2D eigenvalue weighted by Gasteiger charge is 2.04. The lowest BCUT2D eigenvalue weighted by Crippen LogP contribution is -2.23. The topological polar surface area (TPSA) is 67.0 Å². The van der Waals surface area contributed by atoms with Gasteiger partial charge in [-0.15, -0.1) is 0 Å². The zero-order valence-corrected chi connectivity index (χ0v) is 6.83. The highest BCUT2D eigenvalue weighted by molar-refractivity contribution is 5.92. The molecule has 5 heteroatoms. The van der Waals surface area contributed by atoms with E-state index in [1.165, 1.54) is 12.4 Å². The van der Waals surface area contributed by atoms with Crippen molar-refractivity contribution in [1.29, 1.82) is 0 Å². The monoisotopic (exact) mass is 169 g/mol. The number of hydrogen-bond donors (Lipinski definition) is 2. The van der Waals surface area contributed by atoms with Gasteiger partial charge < -0.3 is 0 Å². The van der Waals surface area contributed by atoms with Crippen LogP contribution in [0, 0.1) is 0 Å². The van der Waals surface area contributed by atoms with Gasteiger partial charge in [0, 0.05) is 6.20 Å². The third kappa shape index (κ3) is 2.35. The predicted octanol–water partition coefficient (Wildman–Crippen LogP) is 0.481. The SMILES string of the molecule is CCCONC(=O)c1cn[nH]c1. The highest BCUT2D eigenvalue weighted by atomic mass is 16.6. The Bertz CT molecular complexity index is 233. The molecule has 0 aliphatic carbocycles. The molecule has 0 saturated heterocycles. The first kappa shape index (κ1) is 8.73. The lowest BCUT2D eigenvalue weighted by Gasteiger charge is -2.01. The molecule has 1 aromatic heterocycles. The molecule has 0 aliphatic heterocycles. The molecule has 0 unspecified atom stereocenters. The summed E-state index contributed by atoms with van der Waals surface area (Å²) in [7, 11) is 0. The number of hydroxylamine groups is 1. The molecule has 0 radical (unpaired) electrons. The van der Waals surface area contributed by atoms with E-state index < -0.39 is 0 Å². The van der Waals surface area contributed by atoms with Crippen molar-refractivity contribution in [2.45, 2.75) is 13.3 Å². The second kappa shape index (κ2) is 4.50. The first-order valence-electron chi connectivity index (χ1n) is 3.75. The van der Waals surface area contributed by atoms with Crippen LogP contribution in [0.2, 0.25) is 0 Å². The van der Waals surface area contributed by atoms with Gasteiger partial charge in [-0.05, 0) is 6.42 Å². The van der Waals surface area contributed by atoms with Crippen LogP contribution < -0.4 is 5.48 Å². The molecule has 0 fully saturated rings. The molecule has 1 amide bonds. The van der Waals surface area contributed by atoms with Crippen LogP contribution in [0.15, 0.2) is 12.4 Å². The third-order valence-electron chi connectivity index (χ3n) is 1.23. The Balaban J connectivity index is 2.30. The normalized spacial score (nSPS) is 9.75. The van der Waals surface area contributed by atoms with Crippen molar-refractivity contribution in [3.05, 3.63) is 18.0 Å². The first-order valence-corrected chi connectivity index (χ1v) is 3.75. The minimum atomic E-state index is -0.280. The quantitative estimate of drug-likeness (QED) is 0.509. The zero-order chi connectivity index (χ0) is 8.81. The van der Waals surface area contributed by atoms with Crippen molar-refractivity contribution in [3.63, 3.8) is 0 Å². The molecule has 1 heterocycles. The van der Waals surface area contributed by atoms with Crippen LogP contribution in [0.5, 0.6) is 0 Å². The molecule has 0 aromatic carbocycles. The van der Waals surface area contributed by atoms with E-state index in [1.807, 2.05) is 6.92 Å². The summed E-state index contributed by atoms with van der Waals surface area (Å²) in [6.07, 6.45) is 3.81. The lowest BCUT2D eigenvalue weighted by molar-refractivity contribution is 0.0315. The summed E-state index contributed by atoms with van der Waals surface area (Å²) in [5.41, 5.74) is 2.75. The largest absolute Gasteiger partial charge is 0.285 e. The van der Waals surface area contributed by atoms with Crippen LogP contribution in [-0.4, -0.2) is 22.7 Å². The molecule has 5 nitrogen and oxygen atoms in total. The van der Waals surface area contributed by atoms with Gasteiger partial charge in [-0.3, -0.25) is 14.7 Å². The maximum absolute atomic E-state index is 11.1. The summed E-state index contributed by atoms with van der Waals surface area (Å²) in [5.74, 6) is -0.280. The number of carbonyl (C=O) groups excluding carboxylic acids is 1. The van der Waals surface area contributed by atoms with Gasteiger partial charge in [-0.2, -0.15) is 5.10 Å². The number of amides is 1. The molecule has 0 aliphatic rings. The second-order valence-electron chi connectivity index (χ2n) is 2.27. The number of carbonyl (C=O) groups is 1. The van der Waals surface area contributed by atoms with E-state index in [4.69, 9.17) is 4.84 Å². The number of nitrogens with zero attached hydrogens (tertiary/aromatic N) is 1. The van der Waals surface area contributed by atoms with Crippen molar-refractivity contribution in [1.82, 2.24) is 15.7 Å². The summed E-state index contributed by atoms with van der Waals surface area (Å²) in [4.78, 5) is 15.9. The van der Waals surface area contributed by atoms with E-state index in [2.05, 4.69) is 15.7 Å². The summed E-state index contributed by atoms with van der Waals surface area (Å²) in [6.45, 7) is 2.48. The number of nitrogens with one attached hydrogen (secondary N) is 2. The molecule has 12 heavy (non-hydrogen) atoms. The van der Waals surface area contributed by atoms with E-state index in [-0.39, 0.29) is 5.91 Å². The summed E-state index contributed by atoms with van der Waals surface area (Å²) in [6, 6.07) is 0. The van der Waals surface area contributed by atoms with Crippen molar-refractivity contribution >= 4 is 5.91 Å². The summed E-state index contributed by atoms with van der Waals surface area (Å²) < 4.78 is 0. The van der Waals surface area contributed by atoms with Gasteiger partial charge in [0.1, 0.15) is 0 Å². The Morgan fingerprint density at radius 2 is 2.67 bits per heavy atom. The zero-order valence-electron chi connectivity index (χ0n) is 6.83. The Labute approximate surface area is 70.1 Å². The molecule has 0 atom stereocenters. The van der Waals surface area contributed by atoms with Crippen molar-refractivity contribution < 1.29 is 9.63 Å². The molecule has 0 spiro atoms. The van der Waals surface area contributed by atoms with Crippen molar-refractivity contribution in [2.75, 3.05) is 6.61 Å². The van der Waals surface area contributed by atoms with E-state index in [0.717, 1.165) is 6.42 Å². The fraction of sp³-hybridized carbons (Fsp3) is 0.429. The fourth-order valence-corrected chi connectivity index (χ4v) is 0.653. The van der Waals surface area contributed by atoms with Crippen LogP contribution in [0.3, 0.4) is 0 Å². The Morgan fingerprint density at radius 3 is 3.25 bits per heavy atom. The van der Waals surface area contributed by atoms with Crippen LogP contribution in [-0.2, 0) is 4.84 Å². The maximum atomic E-state index is 11.1. The number of aromatic nitrogens is 2. The molecule has 0 bridgehead atoms. The molecule has 66 valence electrons. The summed E-state index contributed by atoms with van der Waals surface area (Å²) in [5, 5.41) is 6.16. The van der Waals surface area contributed by atoms with Crippen LogP contribution in [0.25, 0.3) is 0 Å². The molecule has 2 N–H and O–H groups in total. The van der Waals surface area contributed by atoms with Gasteiger partial charge in [0.05, 0.1) is 18.4 Å². The van der Waals surface area contributed by atoms with E-state index in [9.17, 15) is 4.79 Å². The minimum absolute atomic E-state index is 0.280. The van der Waals surface area contributed by atoms with E-state index >= 15 is 0 Å². The Hall–Kier alpha value is -1.36. The maximum Gasteiger partial charge on any atom is 0.278 e. The van der Waals surface area contributed by atoms with Gasteiger partial charge in [0.15, 0.2) is 0 Å². The molecule has 1 rings (SSSR count). The van der Waals surface area contributed by atoms with Crippen molar-refractivity contribution in [3.8, 4) is 0 Å². The number of H-pyrrole nitrogens is 1. The number of aromatic amines is 1. The van der Waals surface area contributed by atoms with Gasteiger partial charge in [0.25, 0.3) is 5.91 Å². The minimum Gasteiger partial charge on any atom is -0.285 e. The smallest absolute Gasteiger partial charge is 0.278 e. The van der Waals surface area contributed by atoms with Gasteiger partial charge >= 0.3 is 0 Å². The van der Waals surface area contributed by atoms with Crippen LogP contribution >= 0.6 is 0 Å². The molecule has 1 aromatic rings. The predicted molar refractivity (Wildman–Crippen MR) is 42.3 cm³/mol. The first-order chi connectivity index (χ1) is 5.84. The van der Waals surface area contributed by atoms with E-state index in [0.29, 0.717) is 12.2 Å². The molecular formula is C7H11N3O2. The van der Waals surface area contributed by atoms with Gasteiger partial charge in [-0.1, -0.05) is 6.92 Å². The summed E-state index contributed by atoms with van der Waals surface area (Å²) >= 11 is 0. The Kier molecular flexibility index (Phi) is 3.28. The second-order valence-corrected chi connectivity index (χ2v) is 2.27. The number of rotatable bonds is 4. The van der Waals surface area contributed by atoms with E-state index in [1.54, 1.807) is 0 Å². The molecular weight excluding hydrogens is 158 g/mol. The Morgan fingerprint density at radius 1 is 1.83 bits per heavy atom.